The van der Waals surface area contributed by atoms with Crippen molar-refractivity contribution in [1.29, 1.82) is 0 Å². The van der Waals surface area contributed by atoms with Gasteiger partial charge in [0.05, 0.1) is 24.8 Å². The van der Waals surface area contributed by atoms with Crippen LogP contribution in [0.2, 0.25) is 5.02 Å². The summed E-state index contributed by atoms with van der Waals surface area (Å²) >= 11 is 6.30. The van der Waals surface area contributed by atoms with Crippen molar-refractivity contribution in [3.8, 4) is 11.5 Å². The minimum Gasteiger partial charge on any atom is -0.493 e. The summed E-state index contributed by atoms with van der Waals surface area (Å²) in [6.45, 7) is 1.81. The fourth-order valence-corrected chi connectivity index (χ4v) is 6.62. The van der Waals surface area contributed by atoms with Crippen molar-refractivity contribution in [1.82, 2.24) is 10.2 Å². The van der Waals surface area contributed by atoms with Crippen LogP contribution in [0.3, 0.4) is 0 Å². The number of methoxy groups -OCH3 is 2. The van der Waals surface area contributed by atoms with Gasteiger partial charge >= 0.3 is 0 Å². The summed E-state index contributed by atoms with van der Waals surface area (Å²) in [5, 5.41) is 3.41. The van der Waals surface area contributed by atoms with E-state index in [0.29, 0.717) is 29.3 Å². The smallest absolute Gasteiger partial charge is 0.264 e. The number of nitrogens with one attached hydrogen (secondary N) is 1. The third-order valence-corrected chi connectivity index (χ3v) is 9.33. The van der Waals surface area contributed by atoms with Crippen molar-refractivity contribution >= 4 is 39.1 Å². The van der Waals surface area contributed by atoms with Gasteiger partial charge in [0.25, 0.3) is 10.0 Å². The maximum absolute atomic E-state index is 14.5. The van der Waals surface area contributed by atoms with Crippen LogP contribution >= 0.6 is 11.6 Å². The van der Waals surface area contributed by atoms with Gasteiger partial charge in [-0.25, -0.2) is 8.42 Å². The van der Waals surface area contributed by atoms with Crippen LogP contribution in [0.1, 0.15) is 24.5 Å². The molecular weight excluding hydrogens is 626 g/mol. The Morgan fingerprint density at radius 2 is 1.48 bits per heavy atom. The van der Waals surface area contributed by atoms with E-state index in [1.165, 1.54) is 37.3 Å². The van der Waals surface area contributed by atoms with E-state index in [-0.39, 0.29) is 35.2 Å². The monoisotopic (exact) mass is 663 g/mol. The Hall–Kier alpha value is -4.54. The lowest BCUT2D eigenvalue weighted by Crippen LogP contribution is -2.53. The second-order valence-corrected chi connectivity index (χ2v) is 12.8. The first-order chi connectivity index (χ1) is 22.2. The minimum atomic E-state index is -4.31. The Morgan fingerprint density at radius 3 is 2.11 bits per heavy atom. The van der Waals surface area contributed by atoms with E-state index < -0.39 is 28.5 Å². The lowest BCUT2D eigenvalue weighted by molar-refractivity contribution is -0.140. The molecule has 9 nitrogen and oxygen atoms in total. The number of rotatable bonds is 15. The Kier molecular flexibility index (Phi) is 12.1. The highest BCUT2D eigenvalue weighted by molar-refractivity contribution is 7.92. The van der Waals surface area contributed by atoms with Gasteiger partial charge in [-0.1, -0.05) is 79.2 Å². The van der Waals surface area contributed by atoms with Gasteiger partial charge in [-0.15, -0.1) is 0 Å². The highest BCUT2D eigenvalue weighted by atomic mass is 35.5. The molecule has 0 radical (unpaired) electrons. The molecule has 46 heavy (non-hydrogen) atoms. The number of hydrogen-bond donors (Lipinski definition) is 1. The molecule has 4 aromatic carbocycles. The summed E-state index contributed by atoms with van der Waals surface area (Å²) in [6, 6.07) is 28.1. The molecule has 242 valence electrons. The molecule has 1 unspecified atom stereocenters. The molecule has 0 aliphatic carbocycles. The topological polar surface area (TPSA) is 105 Å². The molecule has 2 amide bonds. The lowest BCUT2D eigenvalue weighted by Gasteiger charge is -2.34. The average molecular weight is 664 g/mol. The number of para-hydroxylation sites is 1. The molecule has 0 bridgehead atoms. The molecule has 0 aliphatic heterocycles. The van der Waals surface area contributed by atoms with Crippen molar-refractivity contribution in [2.45, 2.75) is 37.2 Å². The molecule has 0 heterocycles. The molecule has 4 aromatic rings. The first-order valence-corrected chi connectivity index (χ1v) is 16.6. The fourth-order valence-electron chi connectivity index (χ4n) is 4.98. The first kappa shape index (κ1) is 34.3. The van der Waals surface area contributed by atoms with Crippen molar-refractivity contribution in [3.63, 3.8) is 0 Å². The zero-order valence-electron chi connectivity index (χ0n) is 26.1. The molecule has 0 aromatic heterocycles. The van der Waals surface area contributed by atoms with Crippen LogP contribution in [-0.2, 0) is 32.6 Å². The molecule has 0 saturated carbocycles. The number of hydrogen-bond acceptors (Lipinski definition) is 6. The SMILES string of the molecule is CCCNC(=O)C(Cc1ccccc1)N(Cc1cccc(Cl)c1)C(=O)CN(c1ccccc1)S(=O)(=O)c1ccc(OC)c(OC)c1. The largest absolute Gasteiger partial charge is 0.493 e. The van der Waals surface area contributed by atoms with E-state index in [2.05, 4.69) is 5.32 Å². The maximum atomic E-state index is 14.5. The van der Waals surface area contributed by atoms with Crippen LogP contribution in [-0.4, -0.2) is 58.5 Å². The van der Waals surface area contributed by atoms with Gasteiger partial charge in [-0.3, -0.25) is 13.9 Å². The number of halogens is 1. The molecule has 0 fully saturated rings. The van der Waals surface area contributed by atoms with Crippen molar-refractivity contribution in [2.75, 3.05) is 31.6 Å². The number of benzene rings is 4. The number of carbonyl (C=O) groups excluding carboxylic acids is 2. The van der Waals surface area contributed by atoms with E-state index in [1.54, 1.807) is 48.5 Å². The Labute approximate surface area is 275 Å². The number of anilines is 1. The lowest BCUT2D eigenvalue weighted by atomic mass is 10.0. The standard InChI is InChI=1S/C35H38ClN3O6S/c1-4-20-37-35(41)31(22-26-12-7-5-8-13-26)38(24-27-14-11-15-28(36)21-27)34(40)25-39(29-16-9-6-10-17-29)46(42,43)30-18-19-32(44-2)33(23-30)45-3/h5-19,21,23,31H,4,20,22,24-25H2,1-3H3,(H,37,41). The second kappa shape index (κ2) is 16.1. The number of nitrogens with zero attached hydrogens (tertiary/aromatic N) is 2. The molecule has 1 atom stereocenters. The van der Waals surface area contributed by atoms with Gasteiger partial charge in [0, 0.05) is 30.6 Å². The van der Waals surface area contributed by atoms with E-state index in [0.717, 1.165) is 9.87 Å². The van der Waals surface area contributed by atoms with Gasteiger partial charge < -0.3 is 19.7 Å². The highest BCUT2D eigenvalue weighted by Crippen LogP contribution is 2.32. The zero-order valence-corrected chi connectivity index (χ0v) is 27.6. The highest BCUT2D eigenvalue weighted by Gasteiger charge is 2.35. The van der Waals surface area contributed by atoms with Gasteiger partial charge in [0.2, 0.25) is 11.8 Å². The second-order valence-electron chi connectivity index (χ2n) is 10.5. The zero-order chi connectivity index (χ0) is 33.1. The van der Waals surface area contributed by atoms with E-state index in [9.17, 15) is 18.0 Å². The van der Waals surface area contributed by atoms with Crippen LogP contribution in [0.4, 0.5) is 5.69 Å². The summed E-state index contributed by atoms with van der Waals surface area (Å²) in [5.74, 6) is -0.324. The van der Waals surface area contributed by atoms with Crippen LogP contribution < -0.4 is 19.1 Å². The minimum absolute atomic E-state index is 0.0233. The summed E-state index contributed by atoms with van der Waals surface area (Å²) in [7, 11) is -1.44. The summed E-state index contributed by atoms with van der Waals surface area (Å²) in [6.07, 6.45) is 0.924. The third-order valence-electron chi connectivity index (χ3n) is 7.33. The van der Waals surface area contributed by atoms with Crippen molar-refractivity contribution < 1.29 is 27.5 Å². The number of carbonyl (C=O) groups is 2. The fraction of sp³-hybridized carbons (Fsp3) is 0.257. The summed E-state index contributed by atoms with van der Waals surface area (Å²) in [4.78, 5) is 29.6. The number of amides is 2. The van der Waals surface area contributed by atoms with Crippen LogP contribution in [0, 0.1) is 0 Å². The summed E-state index contributed by atoms with van der Waals surface area (Å²) in [5.41, 5.74) is 1.82. The molecule has 0 saturated heterocycles. The number of ether oxygens (including phenoxy) is 2. The molecular formula is C35H38ClN3O6S. The van der Waals surface area contributed by atoms with Crippen LogP contribution in [0.15, 0.2) is 108 Å². The third kappa shape index (κ3) is 8.58. The molecule has 1 N–H and O–H groups in total. The predicted molar refractivity (Wildman–Crippen MR) is 180 cm³/mol. The maximum Gasteiger partial charge on any atom is 0.264 e. The van der Waals surface area contributed by atoms with Crippen LogP contribution in [0.5, 0.6) is 11.5 Å². The molecule has 0 aliphatic rings. The van der Waals surface area contributed by atoms with Gasteiger partial charge in [0.15, 0.2) is 11.5 Å². The Balaban J connectivity index is 1.80. The van der Waals surface area contributed by atoms with Crippen molar-refractivity contribution in [2.24, 2.45) is 0 Å². The molecule has 0 spiro atoms. The Bertz CT molecular complexity index is 1720. The van der Waals surface area contributed by atoms with Gasteiger partial charge in [-0.2, -0.15) is 0 Å². The molecule has 11 heteroatoms. The average Bonchev–Trinajstić information content (AvgIpc) is 3.07. The Morgan fingerprint density at radius 1 is 0.826 bits per heavy atom. The van der Waals surface area contributed by atoms with E-state index in [4.69, 9.17) is 21.1 Å². The first-order valence-electron chi connectivity index (χ1n) is 14.8. The predicted octanol–water partition coefficient (Wildman–Crippen LogP) is 5.72. The van der Waals surface area contributed by atoms with Crippen molar-refractivity contribution in [3.05, 3.63) is 119 Å². The van der Waals surface area contributed by atoms with Crippen LogP contribution in [0.25, 0.3) is 0 Å². The summed E-state index contributed by atoms with van der Waals surface area (Å²) < 4.78 is 40.2. The van der Waals surface area contributed by atoms with Gasteiger partial charge in [0.1, 0.15) is 12.6 Å². The molecule has 4 rings (SSSR count). The quantitative estimate of drug-likeness (QED) is 0.175. The van der Waals surface area contributed by atoms with E-state index in [1.807, 2.05) is 43.3 Å². The number of sulfonamides is 1. The van der Waals surface area contributed by atoms with Gasteiger partial charge in [-0.05, 0) is 53.9 Å². The normalized spacial score (nSPS) is 11.7. The van der Waals surface area contributed by atoms with E-state index >= 15 is 0 Å².